The Kier molecular flexibility index (Phi) is 4.78. The molecule has 0 aliphatic carbocycles. The minimum absolute atomic E-state index is 0.0220. The third-order valence-electron chi connectivity index (χ3n) is 3.67. The van der Waals surface area contributed by atoms with E-state index in [0.29, 0.717) is 13.0 Å². The smallest absolute Gasteiger partial charge is 0.231 e. The standard InChI is InChI=1S/C18H20N2O3/c1-20(10-9-18(21)19-15-5-3-2-4-6-15)12-14-7-8-16-17(11-14)23-13-22-16/h2-8,11H,9-10,12-13H2,1H3,(H,19,21). The molecule has 0 saturated heterocycles. The molecule has 0 bridgehead atoms. The molecule has 0 atom stereocenters. The topological polar surface area (TPSA) is 50.8 Å². The molecular formula is C18H20N2O3. The Balaban J connectivity index is 1.46. The maximum absolute atomic E-state index is 11.9. The maximum atomic E-state index is 11.9. The fourth-order valence-electron chi connectivity index (χ4n) is 2.47. The van der Waals surface area contributed by atoms with Crippen LogP contribution < -0.4 is 14.8 Å². The average Bonchev–Trinajstić information content (AvgIpc) is 3.01. The lowest BCUT2D eigenvalue weighted by molar-refractivity contribution is -0.116. The van der Waals surface area contributed by atoms with Gasteiger partial charge in [0, 0.05) is 25.2 Å². The predicted octanol–water partition coefficient (Wildman–Crippen LogP) is 2.88. The van der Waals surface area contributed by atoms with Gasteiger partial charge in [0.1, 0.15) is 0 Å². The second kappa shape index (κ2) is 7.15. The van der Waals surface area contributed by atoms with Crippen molar-refractivity contribution in [1.29, 1.82) is 0 Å². The van der Waals surface area contributed by atoms with Gasteiger partial charge in [0.2, 0.25) is 12.7 Å². The maximum Gasteiger partial charge on any atom is 0.231 e. The third kappa shape index (κ3) is 4.23. The molecule has 1 heterocycles. The number of carbonyl (C=O) groups is 1. The number of carbonyl (C=O) groups excluding carboxylic acids is 1. The Morgan fingerprint density at radius 1 is 1.13 bits per heavy atom. The quantitative estimate of drug-likeness (QED) is 0.891. The summed E-state index contributed by atoms with van der Waals surface area (Å²) in [5, 5.41) is 2.89. The fourth-order valence-corrected chi connectivity index (χ4v) is 2.47. The summed E-state index contributed by atoms with van der Waals surface area (Å²) in [5.41, 5.74) is 1.97. The van der Waals surface area contributed by atoms with Crippen LogP contribution >= 0.6 is 0 Å². The summed E-state index contributed by atoms with van der Waals surface area (Å²) in [6.45, 7) is 1.73. The average molecular weight is 312 g/mol. The molecule has 5 nitrogen and oxygen atoms in total. The van der Waals surface area contributed by atoms with E-state index in [4.69, 9.17) is 9.47 Å². The van der Waals surface area contributed by atoms with E-state index < -0.39 is 0 Å². The van der Waals surface area contributed by atoms with Crippen LogP contribution in [0, 0.1) is 0 Å². The van der Waals surface area contributed by atoms with Crippen molar-refractivity contribution in [3.8, 4) is 11.5 Å². The zero-order valence-electron chi connectivity index (χ0n) is 13.1. The summed E-state index contributed by atoms with van der Waals surface area (Å²) in [7, 11) is 2.00. The van der Waals surface area contributed by atoms with Crippen LogP contribution in [0.15, 0.2) is 48.5 Å². The first kappa shape index (κ1) is 15.4. The zero-order chi connectivity index (χ0) is 16.1. The second-order valence-corrected chi connectivity index (χ2v) is 5.59. The Hall–Kier alpha value is -2.53. The van der Waals surface area contributed by atoms with Gasteiger partial charge in [0.15, 0.2) is 11.5 Å². The van der Waals surface area contributed by atoms with Crippen molar-refractivity contribution >= 4 is 11.6 Å². The minimum Gasteiger partial charge on any atom is -0.454 e. The molecule has 0 spiro atoms. The van der Waals surface area contributed by atoms with Crippen LogP contribution in [0.25, 0.3) is 0 Å². The summed E-state index contributed by atoms with van der Waals surface area (Å²) < 4.78 is 10.7. The first-order valence-corrected chi connectivity index (χ1v) is 7.63. The SMILES string of the molecule is CN(CCC(=O)Nc1ccccc1)Cc1ccc2c(c1)OCO2. The lowest BCUT2D eigenvalue weighted by Gasteiger charge is -2.16. The minimum atomic E-state index is 0.0220. The van der Waals surface area contributed by atoms with Crippen LogP contribution in [0.5, 0.6) is 11.5 Å². The predicted molar refractivity (Wildman–Crippen MR) is 88.6 cm³/mol. The van der Waals surface area contributed by atoms with Crippen molar-refractivity contribution in [2.75, 3.05) is 25.7 Å². The van der Waals surface area contributed by atoms with Gasteiger partial charge in [-0.05, 0) is 36.9 Å². The van der Waals surface area contributed by atoms with Crippen LogP contribution in [-0.4, -0.2) is 31.2 Å². The third-order valence-corrected chi connectivity index (χ3v) is 3.67. The summed E-state index contributed by atoms with van der Waals surface area (Å²) in [6.07, 6.45) is 0.454. The Morgan fingerprint density at radius 2 is 1.91 bits per heavy atom. The van der Waals surface area contributed by atoms with Crippen molar-refractivity contribution in [3.05, 3.63) is 54.1 Å². The van der Waals surface area contributed by atoms with E-state index in [2.05, 4.69) is 10.2 Å². The second-order valence-electron chi connectivity index (χ2n) is 5.59. The van der Waals surface area contributed by atoms with Gasteiger partial charge < -0.3 is 19.7 Å². The van der Waals surface area contributed by atoms with Crippen molar-refractivity contribution in [2.45, 2.75) is 13.0 Å². The van der Waals surface area contributed by atoms with Crippen molar-refractivity contribution in [1.82, 2.24) is 4.90 Å². The number of amides is 1. The number of ether oxygens (including phenoxy) is 2. The van der Waals surface area contributed by atoms with E-state index in [9.17, 15) is 4.79 Å². The first-order chi connectivity index (χ1) is 11.2. The highest BCUT2D eigenvalue weighted by Gasteiger charge is 2.14. The molecule has 1 aliphatic rings. The van der Waals surface area contributed by atoms with E-state index in [0.717, 1.165) is 29.3 Å². The zero-order valence-corrected chi connectivity index (χ0v) is 13.1. The van der Waals surface area contributed by atoms with Crippen LogP contribution in [0.3, 0.4) is 0 Å². The summed E-state index contributed by atoms with van der Waals surface area (Å²) >= 11 is 0. The van der Waals surface area contributed by atoms with Crippen molar-refractivity contribution in [3.63, 3.8) is 0 Å². The number of rotatable bonds is 6. The molecule has 23 heavy (non-hydrogen) atoms. The van der Waals surface area contributed by atoms with Crippen molar-refractivity contribution in [2.24, 2.45) is 0 Å². The van der Waals surface area contributed by atoms with Gasteiger partial charge >= 0.3 is 0 Å². The highest BCUT2D eigenvalue weighted by atomic mass is 16.7. The molecule has 2 aromatic carbocycles. The normalized spacial score (nSPS) is 12.4. The number of anilines is 1. The van der Waals surface area contributed by atoms with Gasteiger partial charge in [-0.25, -0.2) is 0 Å². The number of hydrogen-bond acceptors (Lipinski definition) is 4. The fraction of sp³-hybridized carbons (Fsp3) is 0.278. The lowest BCUT2D eigenvalue weighted by Crippen LogP contribution is -2.24. The molecule has 0 fully saturated rings. The molecule has 5 heteroatoms. The summed E-state index contributed by atoms with van der Waals surface area (Å²) in [6, 6.07) is 15.4. The first-order valence-electron chi connectivity index (χ1n) is 7.63. The molecule has 1 aliphatic heterocycles. The highest BCUT2D eigenvalue weighted by molar-refractivity contribution is 5.90. The lowest BCUT2D eigenvalue weighted by atomic mass is 10.2. The number of nitrogens with zero attached hydrogens (tertiary/aromatic N) is 1. The van der Waals surface area contributed by atoms with Gasteiger partial charge in [-0.3, -0.25) is 4.79 Å². The molecule has 0 saturated carbocycles. The Labute approximate surface area is 135 Å². The largest absolute Gasteiger partial charge is 0.454 e. The number of fused-ring (bicyclic) bond motifs is 1. The van der Waals surface area contributed by atoms with Gasteiger partial charge in [0.05, 0.1) is 0 Å². The molecular weight excluding hydrogens is 292 g/mol. The Morgan fingerprint density at radius 3 is 2.74 bits per heavy atom. The van der Waals surface area contributed by atoms with E-state index in [1.807, 2.05) is 55.6 Å². The van der Waals surface area contributed by atoms with E-state index in [-0.39, 0.29) is 12.7 Å². The Bertz CT molecular complexity index is 673. The van der Waals surface area contributed by atoms with E-state index >= 15 is 0 Å². The van der Waals surface area contributed by atoms with Crippen LogP contribution in [0.2, 0.25) is 0 Å². The molecule has 0 radical (unpaired) electrons. The van der Waals surface area contributed by atoms with E-state index in [1.165, 1.54) is 0 Å². The van der Waals surface area contributed by atoms with Gasteiger partial charge in [-0.1, -0.05) is 24.3 Å². The van der Waals surface area contributed by atoms with Gasteiger partial charge in [-0.2, -0.15) is 0 Å². The van der Waals surface area contributed by atoms with Gasteiger partial charge in [0.25, 0.3) is 0 Å². The monoisotopic (exact) mass is 312 g/mol. The van der Waals surface area contributed by atoms with Gasteiger partial charge in [-0.15, -0.1) is 0 Å². The number of para-hydroxylation sites is 1. The number of benzene rings is 2. The molecule has 0 aromatic heterocycles. The molecule has 120 valence electrons. The number of nitrogens with one attached hydrogen (secondary N) is 1. The van der Waals surface area contributed by atoms with Crippen LogP contribution in [0.4, 0.5) is 5.69 Å². The summed E-state index contributed by atoms with van der Waals surface area (Å²) in [5.74, 6) is 1.60. The van der Waals surface area contributed by atoms with Crippen LogP contribution in [0.1, 0.15) is 12.0 Å². The number of hydrogen-bond donors (Lipinski definition) is 1. The molecule has 1 N–H and O–H groups in total. The molecule has 1 amide bonds. The highest BCUT2D eigenvalue weighted by Crippen LogP contribution is 2.32. The summed E-state index contributed by atoms with van der Waals surface area (Å²) in [4.78, 5) is 14.1. The molecule has 0 unspecified atom stereocenters. The van der Waals surface area contributed by atoms with E-state index in [1.54, 1.807) is 0 Å². The van der Waals surface area contributed by atoms with Crippen LogP contribution in [-0.2, 0) is 11.3 Å². The molecule has 2 aromatic rings. The molecule has 3 rings (SSSR count). The van der Waals surface area contributed by atoms with Crippen molar-refractivity contribution < 1.29 is 14.3 Å².